The third kappa shape index (κ3) is 3.30. The maximum absolute atomic E-state index is 11.0. The minimum Gasteiger partial charge on any atom is -0.326 e. The monoisotopic (exact) mass is 434 g/mol. The summed E-state index contributed by atoms with van der Waals surface area (Å²) in [5, 5.41) is 3.72. The van der Waals surface area contributed by atoms with Gasteiger partial charge in [-0.05, 0) is 24.3 Å². The van der Waals surface area contributed by atoms with E-state index in [0.29, 0.717) is 0 Å². The Morgan fingerprint density at radius 1 is 1.22 bits per heavy atom. The fraction of sp³-hybridized carbons (Fsp3) is 0.167. The second-order valence-electron chi connectivity index (χ2n) is 3.78. The highest BCUT2D eigenvalue weighted by atomic mass is 80.0. The number of rotatable bonds is 1. The zero-order chi connectivity index (χ0) is 13.3. The van der Waals surface area contributed by atoms with Crippen LogP contribution in [0.3, 0.4) is 0 Å². The van der Waals surface area contributed by atoms with E-state index in [-0.39, 0.29) is 5.91 Å². The van der Waals surface area contributed by atoms with Crippen LogP contribution in [0.4, 0.5) is 5.69 Å². The normalized spacial score (nSPS) is 11.6. The first-order chi connectivity index (χ1) is 8.36. The molecule has 0 atom stereocenters. The van der Waals surface area contributed by atoms with Gasteiger partial charge in [-0.25, -0.2) is 4.98 Å². The van der Waals surface area contributed by atoms with Crippen molar-refractivity contribution in [1.82, 2.24) is 4.98 Å². The van der Waals surface area contributed by atoms with E-state index >= 15 is 0 Å². The maximum atomic E-state index is 11.0. The van der Waals surface area contributed by atoms with Gasteiger partial charge in [-0.2, -0.15) is 0 Å². The Morgan fingerprint density at radius 3 is 2.56 bits per heavy atom. The third-order valence-corrected chi connectivity index (χ3v) is 3.52. The molecular formula is C12H9Br3N2O. The number of alkyl halides is 3. The molecule has 0 saturated heterocycles. The van der Waals surface area contributed by atoms with Crippen molar-refractivity contribution >= 4 is 70.3 Å². The molecule has 0 radical (unpaired) electrons. The van der Waals surface area contributed by atoms with E-state index in [1.807, 2.05) is 30.3 Å². The van der Waals surface area contributed by atoms with Gasteiger partial charge >= 0.3 is 0 Å². The van der Waals surface area contributed by atoms with Crippen LogP contribution in [-0.2, 0) is 6.94 Å². The highest BCUT2D eigenvalue weighted by molar-refractivity contribution is 9.38. The second-order valence-corrected chi connectivity index (χ2v) is 10.5. The highest BCUT2D eigenvalue weighted by Crippen LogP contribution is 2.43. The lowest BCUT2D eigenvalue weighted by Gasteiger charge is -2.12. The molecule has 2 rings (SSSR count). The summed E-state index contributed by atoms with van der Waals surface area (Å²) in [5.41, 5.74) is 2.46. The first-order valence-electron chi connectivity index (χ1n) is 5.12. The van der Waals surface area contributed by atoms with Crippen molar-refractivity contribution in [2.75, 3.05) is 5.32 Å². The molecule has 0 bridgehead atoms. The molecule has 0 saturated carbocycles. The average molecular weight is 437 g/mol. The van der Waals surface area contributed by atoms with E-state index in [4.69, 9.17) is 0 Å². The van der Waals surface area contributed by atoms with Crippen molar-refractivity contribution in [1.29, 1.82) is 0 Å². The summed E-state index contributed by atoms with van der Waals surface area (Å²) in [5.74, 6) is -0.0840. The average Bonchev–Trinajstić information content (AvgIpc) is 2.26. The molecule has 0 unspecified atom stereocenters. The Morgan fingerprint density at radius 2 is 1.94 bits per heavy atom. The van der Waals surface area contributed by atoms with Crippen molar-refractivity contribution < 1.29 is 4.79 Å². The van der Waals surface area contributed by atoms with Gasteiger partial charge in [-0.3, -0.25) is 4.79 Å². The van der Waals surface area contributed by atoms with E-state index in [1.54, 1.807) is 0 Å². The van der Waals surface area contributed by atoms with Crippen LogP contribution in [0.5, 0.6) is 0 Å². The molecule has 0 aliphatic rings. The number of nitrogens with zero attached hydrogens (tertiary/aromatic N) is 1. The summed E-state index contributed by atoms with van der Waals surface area (Å²) >= 11 is 10.3. The number of carbonyl (C=O) groups is 1. The Bertz CT molecular complexity index is 608. The summed E-state index contributed by atoms with van der Waals surface area (Å²) in [7, 11) is 0. The number of anilines is 1. The zero-order valence-electron chi connectivity index (χ0n) is 9.38. The van der Waals surface area contributed by atoms with Gasteiger partial charge in [0.2, 0.25) is 5.91 Å². The highest BCUT2D eigenvalue weighted by Gasteiger charge is 2.22. The summed E-state index contributed by atoms with van der Waals surface area (Å²) in [6, 6.07) is 9.47. The van der Waals surface area contributed by atoms with Gasteiger partial charge in [0, 0.05) is 18.0 Å². The largest absolute Gasteiger partial charge is 0.326 e. The fourth-order valence-electron chi connectivity index (χ4n) is 1.56. The summed E-state index contributed by atoms with van der Waals surface area (Å²) in [4.78, 5) is 15.5. The molecule has 2 aromatic rings. The minimum absolute atomic E-state index is 0.0840. The molecule has 6 heteroatoms. The van der Waals surface area contributed by atoms with Gasteiger partial charge in [-0.15, -0.1) is 0 Å². The van der Waals surface area contributed by atoms with Crippen molar-refractivity contribution in [3.8, 4) is 0 Å². The van der Waals surface area contributed by atoms with Crippen LogP contribution in [0, 0.1) is 0 Å². The molecule has 0 aliphatic heterocycles. The molecular weight excluding hydrogens is 428 g/mol. The molecule has 18 heavy (non-hydrogen) atoms. The van der Waals surface area contributed by atoms with E-state index < -0.39 is 2.14 Å². The van der Waals surface area contributed by atoms with Crippen LogP contribution in [0.15, 0.2) is 30.3 Å². The van der Waals surface area contributed by atoms with Crippen LogP contribution < -0.4 is 5.32 Å². The van der Waals surface area contributed by atoms with Gasteiger partial charge < -0.3 is 5.32 Å². The Labute approximate surface area is 130 Å². The number of benzene rings is 1. The van der Waals surface area contributed by atoms with E-state index in [1.165, 1.54) is 6.92 Å². The lowest BCUT2D eigenvalue weighted by molar-refractivity contribution is -0.114. The number of aromatic nitrogens is 1. The SMILES string of the molecule is CC(=O)Nc1ccc2nc(C(Br)(Br)Br)ccc2c1. The van der Waals surface area contributed by atoms with Gasteiger partial charge in [0.05, 0.1) is 11.2 Å². The van der Waals surface area contributed by atoms with Crippen LogP contribution in [-0.4, -0.2) is 10.9 Å². The third-order valence-electron chi connectivity index (χ3n) is 2.30. The number of nitrogens with one attached hydrogen (secondary N) is 1. The van der Waals surface area contributed by atoms with Crippen LogP contribution in [0.2, 0.25) is 0 Å². The molecule has 1 aromatic heterocycles. The topological polar surface area (TPSA) is 42.0 Å². The Hall–Kier alpha value is -0.460. The molecule has 1 N–H and O–H groups in total. The molecule has 94 valence electrons. The summed E-state index contributed by atoms with van der Waals surface area (Å²) in [6.45, 7) is 1.49. The van der Waals surface area contributed by atoms with Gasteiger partial charge in [0.15, 0.2) is 2.14 Å². The van der Waals surface area contributed by atoms with Crippen molar-refractivity contribution in [3.63, 3.8) is 0 Å². The Kier molecular flexibility index (Phi) is 4.08. The number of pyridine rings is 1. The summed E-state index contributed by atoms with van der Waals surface area (Å²) < 4.78 is -0.516. The van der Waals surface area contributed by atoms with Gasteiger partial charge in [0.25, 0.3) is 0 Å². The van der Waals surface area contributed by atoms with Crippen LogP contribution in [0.25, 0.3) is 10.9 Å². The number of halogens is 3. The minimum atomic E-state index is -0.516. The molecule has 1 heterocycles. The van der Waals surface area contributed by atoms with Crippen molar-refractivity contribution in [2.45, 2.75) is 9.07 Å². The van der Waals surface area contributed by atoms with Gasteiger partial charge in [0.1, 0.15) is 0 Å². The standard InChI is InChI=1S/C12H9Br3N2O/c1-7(18)16-9-3-4-10-8(6-9)2-5-11(17-10)12(13,14)15/h2-6H,1H3,(H,16,18). The molecule has 0 spiro atoms. The number of hydrogen-bond acceptors (Lipinski definition) is 2. The number of amides is 1. The van der Waals surface area contributed by atoms with E-state index in [9.17, 15) is 4.79 Å². The maximum Gasteiger partial charge on any atom is 0.221 e. The molecule has 0 aliphatic carbocycles. The smallest absolute Gasteiger partial charge is 0.221 e. The van der Waals surface area contributed by atoms with Crippen molar-refractivity contribution in [3.05, 3.63) is 36.0 Å². The summed E-state index contributed by atoms with van der Waals surface area (Å²) in [6.07, 6.45) is 0. The number of fused-ring (bicyclic) bond motifs is 1. The first kappa shape index (κ1) is 14.0. The lowest BCUT2D eigenvalue weighted by atomic mass is 10.2. The zero-order valence-corrected chi connectivity index (χ0v) is 14.1. The quantitative estimate of drug-likeness (QED) is 0.669. The fourth-order valence-corrected chi connectivity index (χ4v) is 2.23. The second kappa shape index (κ2) is 5.27. The lowest BCUT2D eigenvalue weighted by Crippen LogP contribution is -2.05. The molecule has 1 amide bonds. The van der Waals surface area contributed by atoms with Crippen LogP contribution in [0.1, 0.15) is 12.6 Å². The van der Waals surface area contributed by atoms with Crippen LogP contribution >= 0.6 is 47.8 Å². The Balaban J connectivity index is 2.45. The van der Waals surface area contributed by atoms with Gasteiger partial charge in [-0.1, -0.05) is 53.9 Å². The predicted octanol–water partition coefficient (Wildman–Crippen LogP) is 4.49. The molecule has 1 aromatic carbocycles. The van der Waals surface area contributed by atoms with E-state index in [0.717, 1.165) is 22.3 Å². The van der Waals surface area contributed by atoms with E-state index in [2.05, 4.69) is 58.1 Å². The molecule has 0 fully saturated rings. The number of hydrogen-bond donors (Lipinski definition) is 1. The number of carbonyl (C=O) groups excluding carboxylic acids is 1. The first-order valence-corrected chi connectivity index (χ1v) is 7.50. The van der Waals surface area contributed by atoms with Crippen molar-refractivity contribution in [2.24, 2.45) is 0 Å². The molecule has 3 nitrogen and oxygen atoms in total. The predicted molar refractivity (Wildman–Crippen MR) is 84.5 cm³/mol.